The maximum atomic E-state index is 12.6. The van der Waals surface area contributed by atoms with Gasteiger partial charge in [0.05, 0.1) is 6.04 Å². The fraction of sp³-hybridized carbons (Fsp3) is 0.389. The fourth-order valence-electron chi connectivity index (χ4n) is 3.13. The second kappa shape index (κ2) is 8.08. The standard InChI is InChI=1S/C18H21ClN2O3S2/c1-13(15-5-2-3-6-16(15)19)20-18(22)14-8-10-21(11-9-14)26(23,24)17-7-4-12-25-17/h2-7,12-14H,8-11H2,1H3,(H,20,22). The first-order valence-corrected chi connectivity index (χ1v) is 11.2. The van der Waals surface area contributed by atoms with E-state index in [2.05, 4.69) is 5.32 Å². The van der Waals surface area contributed by atoms with Crippen LogP contribution in [0.3, 0.4) is 0 Å². The summed E-state index contributed by atoms with van der Waals surface area (Å²) in [6.07, 6.45) is 1.04. The first-order valence-electron chi connectivity index (χ1n) is 8.48. The molecule has 2 aromatic rings. The number of benzene rings is 1. The predicted octanol–water partition coefficient (Wildman–Crippen LogP) is 3.68. The molecule has 8 heteroatoms. The van der Waals surface area contributed by atoms with Crippen molar-refractivity contribution in [3.63, 3.8) is 0 Å². The second-order valence-electron chi connectivity index (χ2n) is 6.36. The highest BCUT2D eigenvalue weighted by Gasteiger charge is 2.33. The lowest BCUT2D eigenvalue weighted by Crippen LogP contribution is -2.43. The van der Waals surface area contributed by atoms with Gasteiger partial charge in [0.2, 0.25) is 5.91 Å². The smallest absolute Gasteiger partial charge is 0.252 e. The minimum atomic E-state index is -3.44. The summed E-state index contributed by atoms with van der Waals surface area (Å²) in [5.41, 5.74) is 0.875. The lowest BCUT2D eigenvalue weighted by atomic mass is 9.96. The molecule has 1 aromatic heterocycles. The first kappa shape index (κ1) is 19.4. The van der Waals surface area contributed by atoms with E-state index in [9.17, 15) is 13.2 Å². The molecule has 1 saturated heterocycles. The summed E-state index contributed by atoms with van der Waals surface area (Å²) >= 11 is 7.40. The molecule has 0 bridgehead atoms. The Morgan fingerprint density at radius 2 is 1.92 bits per heavy atom. The van der Waals surface area contributed by atoms with Gasteiger partial charge in [0.25, 0.3) is 10.0 Å². The molecule has 1 atom stereocenters. The van der Waals surface area contributed by atoms with E-state index in [-0.39, 0.29) is 17.9 Å². The average Bonchev–Trinajstić information content (AvgIpc) is 3.17. The van der Waals surface area contributed by atoms with Crippen molar-refractivity contribution in [2.75, 3.05) is 13.1 Å². The Balaban J connectivity index is 1.58. The number of rotatable bonds is 5. The molecule has 5 nitrogen and oxygen atoms in total. The molecule has 1 fully saturated rings. The summed E-state index contributed by atoms with van der Waals surface area (Å²) in [5, 5.41) is 5.37. The SMILES string of the molecule is CC(NC(=O)C1CCN(S(=O)(=O)c2cccs2)CC1)c1ccccc1Cl. The molecule has 3 rings (SSSR count). The molecule has 1 N–H and O–H groups in total. The molecule has 0 aliphatic carbocycles. The van der Waals surface area contributed by atoms with Gasteiger partial charge in [-0.1, -0.05) is 35.9 Å². The molecule has 26 heavy (non-hydrogen) atoms. The predicted molar refractivity (Wildman–Crippen MR) is 104 cm³/mol. The van der Waals surface area contributed by atoms with Crippen LogP contribution in [0.2, 0.25) is 5.02 Å². The summed E-state index contributed by atoms with van der Waals surface area (Å²) in [4.78, 5) is 12.6. The molecular formula is C18H21ClN2O3S2. The van der Waals surface area contributed by atoms with E-state index in [4.69, 9.17) is 11.6 Å². The summed E-state index contributed by atoms with van der Waals surface area (Å²) in [6, 6.07) is 10.6. The third kappa shape index (κ3) is 4.11. The number of piperidine rings is 1. The number of nitrogens with one attached hydrogen (secondary N) is 1. The largest absolute Gasteiger partial charge is 0.349 e. The van der Waals surface area contributed by atoms with Crippen LogP contribution in [0.4, 0.5) is 0 Å². The molecule has 1 amide bonds. The zero-order chi connectivity index (χ0) is 18.7. The van der Waals surface area contributed by atoms with E-state index < -0.39 is 10.0 Å². The molecule has 1 aliphatic rings. The van der Waals surface area contributed by atoms with Gasteiger partial charge in [-0.25, -0.2) is 8.42 Å². The molecule has 1 aliphatic heterocycles. The van der Waals surface area contributed by atoms with Crippen LogP contribution in [0.1, 0.15) is 31.4 Å². The van der Waals surface area contributed by atoms with Crippen molar-refractivity contribution in [3.8, 4) is 0 Å². The average molecular weight is 413 g/mol. The molecular weight excluding hydrogens is 392 g/mol. The molecule has 0 spiro atoms. The normalized spacial score (nSPS) is 17.8. The van der Waals surface area contributed by atoms with Gasteiger partial charge in [0.1, 0.15) is 4.21 Å². The van der Waals surface area contributed by atoms with E-state index in [1.165, 1.54) is 15.6 Å². The Kier molecular flexibility index (Phi) is 6.02. The van der Waals surface area contributed by atoms with E-state index in [0.29, 0.717) is 35.2 Å². The lowest BCUT2D eigenvalue weighted by Gasteiger charge is -2.31. The number of hydrogen-bond donors (Lipinski definition) is 1. The monoisotopic (exact) mass is 412 g/mol. The van der Waals surface area contributed by atoms with Crippen LogP contribution < -0.4 is 5.32 Å². The maximum Gasteiger partial charge on any atom is 0.252 e. The van der Waals surface area contributed by atoms with Gasteiger partial charge in [-0.15, -0.1) is 11.3 Å². The highest BCUT2D eigenvalue weighted by Crippen LogP contribution is 2.27. The van der Waals surface area contributed by atoms with Crippen molar-refractivity contribution in [2.24, 2.45) is 5.92 Å². The topological polar surface area (TPSA) is 66.5 Å². The molecule has 2 heterocycles. The Labute approximate surface area is 163 Å². The van der Waals surface area contributed by atoms with Crippen molar-refractivity contribution in [1.29, 1.82) is 0 Å². The molecule has 0 radical (unpaired) electrons. The number of sulfonamides is 1. The highest BCUT2D eigenvalue weighted by molar-refractivity contribution is 7.91. The lowest BCUT2D eigenvalue weighted by molar-refractivity contribution is -0.126. The molecule has 1 unspecified atom stereocenters. The van der Waals surface area contributed by atoms with Crippen molar-refractivity contribution in [2.45, 2.75) is 30.0 Å². The molecule has 0 saturated carbocycles. The minimum Gasteiger partial charge on any atom is -0.349 e. The van der Waals surface area contributed by atoms with Crippen LogP contribution in [0.25, 0.3) is 0 Å². The molecule has 140 valence electrons. The van der Waals surface area contributed by atoms with E-state index in [1.54, 1.807) is 23.6 Å². The van der Waals surface area contributed by atoms with Gasteiger partial charge in [-0.3, -0.25) is 4.79 Å². The summed E-state index contributed by atoms with van der Waals surface area (Å²) in [7, 11) is -3.44. The maximum absolute atomic E-state index is 12.6. The van der Waals surface area contributed by atoms with Gasteiger partial charge in [-0.05, 0) is 42.8 Å². The number of carbonyl (C=O) groups is 1. The van der Waals surface area contributed by atoms with E-state index >= 15 is 0 Å². The van der Waals surface area contributed by atoms with Crippen LogP contribution in [0.15, 0.2) is 46.0 Å². The zero-order valence-corrected chi connectivity index (χ0v) is 16.8. The number of amides is 1. The van der Waals surface area contributed by atoms with Crippen molar-refractivity contribution < 1.29 is 13.2 Å². The number of hydrogen-bond acceptors (Lipinski definition) is 4. The van der Waals surface area contributed by atoms with Crippen LogP contribution >= 0.6 is 22.9 Å². The zero-order valence-electron chi connectivity index (χ0n) is 14.4. The van der Waals surface area contributed by atoms with Crippen LogP contribution in [-0.4, -0.2) is 31.7 Å². The quantitative estimate of drug-likeness (QED) is 0.814. The summed E-state index contributed by atoms with van der Waals surface area (Å²) in [5.74, 6) is -0.236. The Morgan fingerprint density at radius 1 is 1.23 bits per heavy atom. The minimum absolute atomic E-state index is 0.0504. The van der Waals surface area contributed by atoms with Gasteiger partial charge in [0, 0.05) is 24.0 Å². The fourth-order valence-corrected chi connectivity index (χ4v) is 6.04. The third-order valence-corrected chi connectivity index (χ3v) is 8.26. The van der Waals surface area contributed by atoms with Gasteiger partial charge >= 0.3 is 0 Å². The van der Waals surface area contributed by atoms with Crippen molar-refractivity contribution in [3.05, 3.63) is 52.4 Å². The Hall–Kier alpha value is -1.41. The highest BCUT2D eigenvalue weighted by atomic mass is 35.5. The Morgan fingerprint density at radius 3 is 2.54 bits per heavy atom. The van der Waals surface area contributed by atoms with Crippen LogP contribution in [-0.2, 0) is 14.8 Å². The number of carbonyl (C=O) groups excluding carboxylic acids is 1. The second-order valence-corrected chi connectivity index (χ2v) is 9.88. The first-order chi connectivity index (χ1) is 12.4. The Bertz CT molecular complexity index is 860. The van der Waals surface area contributed by atoms with Gasteiger partial charge in [0.15, 0.2) is 0 Å². The molecule has 1 aromatic carbocycles. The van der Waals surface area contributed by atoms with Gasteiger partial charge in [-0.2, -0.15) is 4.31 Å². The summed E-state index contributed by atoms with van der Waals surface area (Å²) < 4.78 is 26.9. The van der Waals surface area contributed by atoms with Crippen molar-refractivity contribution in [1.82, 2.24) is 9.62 Å². The van der Waals surface area contributed by atoms with Gasteiger partial charge < -0.3 is 5.32 Å². The number of thiophene rings is 1. The third-order valence-electron chi connectivity index (χ3n) is 4.64. The van der Waals surface area contributed by atoms with Crippen LogP contribution in [0, 0.1) is 5.92 Å². The van der Waals surface area contributed by atoms with Crippen molar-refractivity contribution >= 4 is 38.9 Å². The number of nitrogens with zero attached hydrogens (tertiary/aromatic N) is 1. The number of halogens is 1. The summed E-state index contributed by atoms with van der Waals surface area (Å²) in [6.45, 7) is 2.62. The van der Waals surface area contributed by atoms with E-state index in [0.717, 1.165) is 5.56 Å². The van der Waals surface area contributed by atoms with E-state index in [1.807, 2.05) is 25.1 Å². The van der Waals surface area contributed by atoms with Crippen LogP contribution in [0.5, 0.6) is 0 Å².